The smallest absolute Gasteiger partial charge is 0.235 e. The molecule has 0 radical (unpaired) electrons. The first-order chi connectivity index (χ1) is 11.1. The lowest BCUT2D eigenvalue weighted by Gasteiger charge is -2.24. The predicted octanol–water partition coefficient (Wildman–Crippen LogP) is 1.88. The number of hydrogen-bond donors (Lipinski definition) is 2. The van der Waals surface area contributed by atoms with Crippen molar-refractivity contribution in [2.45, 2.75) is 32.7 Å². The molecule has 1 saturated heterocycles. The summed E-state index contributed by atoms with van der Waals surface area (Å²) in [6.45, 7) is 6.25. The topological polar surface area (TPSA) is 54.9 Å². The summed E-state index contributed by atoms with van der Waals surface area (Å²) < 4.78 is 1.58. The maximum absolute atomic E-state index is 10.7. The van der Waals surface area contributed by atoms with E-state index in [1.807, 2.05) is 6.92 Å². The average Bonchev–Trinajstić information content (AvgIpc) is 3.21. The Labute approximate surface area is 139 Å². The SMILES string of the molecule is Cc1cccc([C@H](c2sc3nc(C)nn3c2O)[NH+]2CCCC2)c1. The van der Waals surface area contributed by atoms with Crippen LogP contribution in [0.1, 0.15) is 40.7 Å². The molecule has 0 spiro atoms. The van der Waals surface area contributed by atoms with E-state index in [1.54, 1.807) is 15.9 Å². The first-order valence-electron chi connectivity index (χ1n) is 8.09. The van der Waals surface area contributed by atoms with Gasteiger partial charge < -0.3 is 10.0 Å². The summed E-state index contributed by atoms with van der Waals surface area (Å²) in [4.78, 5) is 7.68. The third-order valence-electron chi connectivity index (χ3n) is 4.60. The molecule has 1 aliphatic heterocycles. The van der Waals surface area contributed by atoms with E-state index >= 15 is 0 Å². The second-order valence-corrected chi connectivity index (χ2v) is 7.36. The minimum absolute atomic E-state index is 0.159. The van der Waals surface area contributed by atoms with Gasteiger partial charge in [-0.05, 0) is 19.9 Å². The van der Waals surface area contributed by atoms with Gasteiger partial charge in [0.15, 0.2) is 6.04 Å². The Bertz CT molecular complexity index is 848. The number of quaternary nitrogens is 1. The van der Waals surface area contributed by atoms with Crippen molar-refractivity contribution in [3.63, 3.8) is 0 Å². The van der Waals surface area contributed by atoms with Gasteiger partial charge in [0, 0.05) is 18.4 Å². The molecule has 0 saturated carbocycles. The van der Waals surface area contributed by atoms with E-state index < -0.39 is 0 Å². The number of fused-ring (bicyclic) bond motifs is 1. The number of aryl methyl sites for hydroxylation is 2. The normalized spacial score (nSPS) is 17.1. The molecule has 1 fully saturated rings. The van der Waals surface area contributed by atoms with Crippen LogP contribution in [0.25, 0.3) is 4.96 Å². The largest absolute Gasteiger partial charge is 0.492 e. The third kappa shape index (κ3) is 2.52. The summed E-state index contributed by atoms with van der Waals surface area (Å²) in [5.74, 6) is 0.940. The summed E-state index contributed by atoms with van der Waals surface area (Å²) >= 11 is 1.56. The summed E-state index contributed by atoms with van der Waals surface area (Å²) in [6, 6.07) is 8.78. The monoisotopic (exact) mass is 329 g/mol. The van der Waals surface area contributed by atoms with Gasteiger partial charge in [-0.3, -0.25) is 0 Å². The molecular formula is C17H21N4OS+. The Hall–Kier alpha value is -1.92. The Morgan fingerprint density at radius 1 is 1.26 bits per heavy atom. The van der Waals surface area contributed by atoms with E-state index in [4.69, 9.17) is 0 Å². The second-order valence-electron chi connectivity index (χ2n) is 6.36. The van der Waals surface area contributed by atoms with E-state index in [-0.39, 0.29) is 11.9 Å². The molecule has 0 bridgehead atoms. The lowest BCUT2D eigenvalue weighted by molar-refractivity contribution is -0.913. The van der Waals surface area contributed by atoms with Crippen LogP contribution in [0.3, 0.4) is 0 Å². The highest BCUT2D eigenvalue weighted by Crippen LogP contribution is 2.35. The number of likely N-dealkylation sites (tertiary alicyclic amines) is 1. The van der Waals surface area contributed by atoms with Crippen molar-refractivity contribution in [3.8, 4) is 5.88 Å². The fourth-order valence-electron chi connectivity index (χ4n) is 3.58. The summed E-state index contributed by atoms with van der Waals surface area (Å²) in [5, 5.41) is 15.0. The van der Waals surface area contributed by atoms with E-state index in [9.17, 15) is 5.11 Å². The van der Waals surface area contributed by atoms with Crippen molar-refractivity contribution in [2.75, 3.05) is 13.1 Å². The molecule has 2 aromatic heterocycles. The molecule has 3 heterocycles. The van der Waals surface area contributed by atoms with Gasteiger partial charge in [-0.1, -0.05) is 35.1 Å². The van der Waals surface area contributed by atoms with Gasteiger partial charge in [0.1, 0.15) is 10.7 Å². The number of nitrogens with one attached hydrogen (secondary N) is 1. The van der Waals surface area contributed by atoms with Crippen LogP contribution in [-0.4, -0.2) is 32.8 Å². The highest BCUT2D eigenvalue weighted by molar-refractivity contribution is 7.17. The highest BCUT2D eigenvalue weighted by atomic mass is 32.1. The number of nitrogens with zero attached hydrogens (tertiary/aromatic N) is 3. The minimum Gasteiger partial charge on any atom is -0.492 e. The number of benzene rings is 1. The van der Waals surface area contributed by atoms with Gasteiger partial charge in [-0.25, -0.2) is 4.98 Å². The Morgan fingerprint density at radius 3 is 2.74 bits per heavy atom. The van der Waals surface area contributed by atoms with Gasteiger partial charge in [0.25, 0.3) is 0 Å². The van der Waals surface area contributed by atoms with E-state index in [1.165, 1.54) is 28.9 Å². The maximum atomic E-state index is 10.7. The summed E-state index contributed by atoms with van der Waals surface area (Å²) in [6.07, 6.45) is 2.50. The minimum atomic E-state index is 0.159. The fourth-order valence-corrected chi connectivity index (χ4v) is 4.76. The van der Waals surface area contributed by atoms with Crippen molar-refractivity contribution in [2.24, 2.45) is 0 Å². The number of aromatic hydroxyl groups is 1. The molecular weight excluding hydrogens is 308 g/mol. The van der Waals surface area contributed by atoms with Crippen LogP contribution in [0.4, 0.5) is 0 Å². The molecule has 3 aromatic rings. The van der Waals surface area contributed by atoms with Crippen molar-refractivity contribution in [3.05, 3.63) is 46.1 Å². The van der Waals surface area contributed by atoms with Crippen LogP contribution in [0.2, 0.25) is 0 Å². The van der Waals surface area contributed by atoms with Crippen molar-refractivity contribution in [1.29, 1.82) is 0 Å². The van der Waals surface area contributed by atoms with Crippen molar-refractivity contribution in [1.82, 2.24) is 14.6 Å². The van der Waals surface area contributed by atoms with Crippen molar-refractivity contribution < 1.29 is 10.0 Å². The molecule has 0 unspecified atom stereocenters. The molecule has 2 N–H and O–H groups in total. The molecule has 0 amide bonds. The summed E-state index contributed by atoms with van der Waals surface area (Å²) in [7, 11) is 0. The Balaban J connectivity index is 1.86. The van der Waals surface area contributed by atoms with Crippen molar-refractivity contribution >= 4 is 16.3 Å². The fraction of sp³-hybridized carbons (Fsp3) is 0.412. The zero-order valence-electron chi connectivity index (χ0n) is 13.4. The maximum Gasteiger partial charge on any atom is 0.235 e. The molecule has 6 heteroatoms. The van der Waals surface area contributed by atoms with Crippen LogP contribution >= 0.6 is 11.3 Å². The number of thiazole rings is 1. The van der Waals surface area contributed by atoms with Gasteiger partial charge >= 0.3 is 0 Å². The Morgan fingerprint density at radius 2 is 2.04 bits per heavy atom. The number of rotatable bonds is 3. The lowest BCUT2D eigenvalue weighted by atomic mass is 10.0. The van der Waals surface area contributed by atoms with Crippen LogP contribution in [0, 0.1) is 13.8 Å². The third-order valence-corrected chi connectivity index (χ3v) is 5.68. The second kappa shape index (κ2) is 5.62. The molecule has 1 aromatic carbocycles. The molecule has 0 aliphatic carbocycles. The predicted molar refractivity (Wildman–Crippen MR) is 90.2 cm³/mol. The standard InChI is InChI=1S/C17H20N4OS/c1-11-6-5-7-13(10-11)14(20-8-3-4-9-20)15-16(22)21-17(23-15)18-12(2)19-21/h5-7,10,14,22H,3-4,8-9H2,1-2H3/p+1/t14-/m1/s1. The highest BCUT2D eigenvalue weighted by Gasteiger charge is 2.34. The lowest BCUT2D eigenvalue weighted by Crippen LogP contribution is -3.10. The molecule has 4 rings (SSSR count). The molecule has 1 aliphatic rings. The number of hydrogen-bond acceptors (Lipinski definition) is 4. The van der Waals surface area contributed by atoms with Gasteiger partial charge in [0.2, 0.25) is 10.8 Å². The van der Waals surface area contributed by atoms with E-state index in [0.717, 1.165) is 22.9 Å². The molecule has 5 nitrogen and oxygen atoms in total. The van der Waals surface area contributed by atoms with Gasteiger partial charge in [0.05, 0.1) is 13.1 Å². The van der Waals surface area contributed by atoms with Crippen LogP contribution in [-0.2, 0) is 0 Å². The van der Waals surface area contributed by atoms with Crippen LogP contribution in [0.15, 0.2) is 24.3 Å². The summed E-state index contributed by atoms with van der Waals surface area (Å²) in [5.41, 5.74) is 2.51. The molecule has 23 heavy (non-hydrogen) atoms. The first kappa shape index (κ1) is 14.7. The van der Waals surface area contributed by atoms with Crippen LogP contribution in [0.5, 0.6) is 5.88 Å². The first-order valence-corrected chi connectivity index (χ1v) is 8.91. The average molecular weight is 329 g/mol. The zero-order chi connectivity index (χ0) is 16.0. The molecule has 1 atom stereocenters. The van der Waals surface area contributed by atoms with E-state index in [2.05, 4.69) is 41.3 Å². The van der Waals surface area contributed by atoms with E-state index in [0.29, 0.717) is 5.82 Å². The van der Waals surface area contributed by atoms with Gasteiger partial charge in [-0.2, -0.15) is 4.52 Å². The van der Waals surface area contributed by atoms with Gasteiger partial charge in [-0.15, -0.1) is 5.10 Å². The Kier molecular flexibility index (Phi) is 3.58. The zero-order valence-corrected chi connectivity index (χ0v) is 14.2. The number of aromatic nitrogens is 3. The van der Waals surface area contributed by atoms with Crippen LogP contribution < -0.4 is 4.90 Å². The quantitative estimate of drug-likeness (QED) is 0.771. The molecule has 120 valence electrons.